The fourth-order valence-electron chi connectivity index (χ4n) is 1.55. The summed E-state index contributed by atoms with van der Waals surface area (Å²) in [7, 11) is 0. The number of nitrogens with two attached hydrogens (primary N) is 1. The Balaban J connectivity index is 2.14. The number of nitrogens with zero attached hydrogens (tertiary/aromatic N) is 2. The molecule has 0 bridgehead atoms. The fraction of sp³-hybridized carbons (Fsp3) is 0.333. The molecule has 1 heterocycles. The van der Waals surface area contributed by atoms with Gasteiger partial charge in [-0.1, -0.05) is 29.4 Å². The third kappa shape index (κ3) is 2.69. The lowest BCUT2D eigenvalue weighted by atomic mass is 10.1. The lowest BCUT2D eigenvalue weighted by Crippen LogP contribution is -2.14. The summed E-state index contributed by atoms with van der Waals surface area (Å²) >= 11 is 0. The maximum Gasteiger partial charge on any atom is 0.245 e. The van der Waals surface area contributed by atoms with Gasteiger partial charge in [0.1, 0.15) is 6.04 Å². The van der Waals surface area contributed by atoms with E-state index in [1.807, 2.05) is 31.2 Å². The van der Waals surface area contributed by atoms with Crippen molar-refractivity contribution < 1.29 is 9.63 Å². The molecule has 1 aromatic carbocycles. The summed E-state index contributed by atoms with van der Waals surface area (Å²) < 4.78 is 4.98. The molecular formula is C12H15N3O2. The average Bonchev–Trinajstić information content (AvgIpc) is 2.80. The third-order valence-electron chi connectivity index (χ3n) is 2.61. The van der Waals surface area contributed by atoms with E-state index in [1.54, 1.807) is 0 Å². The van der Waals surface area contributed by atoms with Crippen LogP contribution in [0.1, 0.15) is 28.9 Å². The summed E-state index contributed by atoms with van der Waals surface area (Å²) in [5.74, 6) is 0.856. The number of hydrogen-bond acceptors (Lipinski definition) is 5. The largest absolute Gasteiger partial charge is 0.394 e. The first-order valence-electron chi connectivity index (χ1n) is 5.44. The number of aryl methyl sites for hydroxylation is 1. The van der Waals surface area contributed by atoms with Crippen molar-refractivity contribution in [1.29, 1.82) is 0 Å². The molecule has 0 aliphatic heterocycles. The zero-order chi connectivity index (χ0) is 12.3. The first kappa shape index (κ1) is 11.8. The smallest absolute Gasteiger partial charge is 0.245 e. The normalized spacial score (nSPS) is 12.6. The zero-order valence-corrected chi connectivity index (χ0v) is 9.63. The van der Waals surface area contributed by atoms with Gasteiger partial charge >= 0.3 is 0 Å². The average molecular weight is 233 g/mol. The molecule has 0 aliphatic carbocycles. The van der Waals surface area contributed by atoms with Crippen molar-refractivity contribution >= 4 is 0 Å². The molecule has 0 unspecified atom stereocenters. The molecule has 90 valence electrons. The second-order valence-electron chi connectivity index (χ2n) is 3.94. The Hall–Kier alpha value is -1.72. The van der Waals surface area contributed by atoms with Crippen LogP contribution in [-0.2, 0) is 6.42 Å². The van der Waals surface area contributed by atoms with Gasteiger partial charge in [0.15, 0.2) is 5.82 Å². The summed E-state index contributed by atoms with van der Waals surface area (Å²) in [5, 5.41) is 12.7. The SMILES string of the molecule is Cc1ccccc1Cc1noc([C@@H](N)CO)n1. The Bertz CT molecular complexity index is 496. The highest BCUT2D eigenvalue weighted by atomic mass is 16.5. The van der Waals surface area contributed by atoms with Crippen LogP contribution >= 0.6 is 0 Å². The van der Waals surface area contributed by atoms with Crippen LogP contribution in [0, 0.1) is 6.92 Å². The minimum atomic E-state index is -0.604. The molecular weight excluding hydrogens is 218 g/mol. The van der Waals surface area contributed by atoms with E-state index in [9.17, 15) is 0 Å². The van der Waals surface area contributed by atoms with E-state index < -0.39 is 6.04 Å². The van der Waals surface area contributed by atoms with Crippen LogP contribution in [0.3, 0.4) is 0 Å². The second-order valence-corrected chi connectivity index (χ2v) is 3.94. The molecule has 17 heavy (non-hydrogen) atoms. The summed E-state index contributed by atoms with van der Waals surface area (Å²) in [6.45, 7) is 1.84. The van der Waals surface area contributed by atoms with Crippen molar-refractivity contribution in [2.45, 2.75) is 19.4 Å². The standard InChI is InChI=1S/C12H15N3O2/c1-8-4-2-3-5-9(8)6-11-14-12(17-15-11)10(13)7-16/h2-5,10,16H,6-7,13H2,1H3/t10-/m0/s1. The van der Waals surface area contributed by atoms with Crippen molar-refractivity contribution in [1.82, 2.24) is 10.1 Å². The number of aliphatic hydroxyl groups is 1. The fourth-order valence-corrected chi connectivity index (χ4v) is 1.55. The quantitative estimate of drug-likeness (QED) is 0.821. The molecule has 5 nitrogen and oxygen atoms in total. The van der Waals surface area contributed by atoms with Crippen molar-refractivity contribution in [3.05, 3.63) is 47.1 Å². The van der Waals surface area contributed by atoms with Crippen LogP contribution in [0.2, 0.25) is 0 Å². The van der Waals surface area contributed by atoms with E-state index in [2.05, 4.69) is 10.1 Å². The Morgan fingerprint density at radius 2 is 2.18 bits per heavy atom. The lowest BCUT2D eigenvalue weighted by molar-refractivity contribution is 0.236. The molecule has 0 saturated heterocycles. The zero-order valence-electron chi connectivity index (χ0n) is 9.63. The number of hydrogen-bond donors (Lipinski definition) is 2. The van der Waals surface area contributed by atoms with Crippen molar-refractivity contribution in [2.75, 3.05) is 6.61 Å². The van der Waals surface area contributed by atoms with Gasteiger partial charge in [-0.25, -0.2) is 0 Å². The molecule has 0 saturated carbocycles. The number of rotatable bonds is 4. The minimum Gasteiger partial charge on any atom is -0.394 e. The van der Waals surface area contributed by atoms with E-state index in [4.69, 9.17) is 15.4 Å². The number of aliphatic hydroxyl groups excluding tert-OH is 1. The minimum absolute atomic E-state index is 0.202. The Morgan fingerprint density at radius 1 is 1.41 bits per heavy atom. The van der Waals surface area contributed by atoms with Gasteiger partial charge < -0.3 is 15.4 Å². The second kappa shape index (κ2) is 5.07. The highest BCUT2D eigenvalue weighted by molar-refractivity contribution is 5.27. The third-order valence-corrected chi connectivity index (χ3v) is 2.61. The predicted molar refractivity (Wildman–Crippen MR) is 62.3 cm³/mol. The van der Waals surface area contributed by atoms with Gasteiger partial charge in [-0.05, 0) is 18.1 Å². The molecule has 1 aromatic heterocycles. The van der Waals surface area contributed by atoms with Gasteiger partial charge in [0, 0.05) is 6.42 Å². The van der Waals surface area contributed by atoms with E-state index in [0.29, 0.717) is 12.2 Å². The van der Waals surface area contributed by atoms with Crippen molar-refractivity contribution in [2.24, 2.45) is 5.73 Å². The maximum atomic E-state index is 8.88. The summed E-state index contributed by atoms with van der Waals surface area (Å²) in [4.78, 5) is 4.15. The van der Waals surface area contributed by atoms with Crippen molar-refractivity contribution in [3.63, 3.8) is 0 Å². The highest BCUT2D eigenvalue weighted by Gasteiger charge is 2.14. The molecule has 2 aromatic rings. The van der Waals surface area contributed by atoms with Crippen LogP contribution in [0.15, 0.2) is 28.8 Å². The Labute approximate surface area is 99.3 Å². The van der Waals surface area contributed by atoms with E-state index >= 15 is 0 Å². The van der Waals surface area contributed by atoms with Crippen LogP contribution in [-0.4, -0.2) is 21.9 Å². The first-order chi connectivity index (χ1) is 8.20. The van der Waals surface area contributed by atoms with Gasteiger partial charge in [0.05, 0.1) is 6.61 Å². The van der Waals surface area contributed by atoms with Gasteiger partial charge in [0.2, 0.25) is 5.89 Å². The maximum absolute atomic E-state index is 8.88. The summed E-state index contributed by atoms with van der Waals surface area (Å²) in [6.07, 6.45) is 0.605. The van der Waals surface area contributed by atoms with Crippen LogP contribution in [0.5, 0.6) is 0 Å². The van der Waals surface area contributed by atoms with E-state index in [1.165, 1.54) is 5.56 Å². The molecule has 3 N–H and O–H groups in total. The lowest BCUT2D eigenvalue weighted by Gasteiger charge is -2.01. The topological polar surface area (TPSA) is 85.2 Å². The number of benzene rings is 1. The number of aromatic nitrogens is 2. The molecule has 0 fully saturated rings. The Morgan fingerprint density at radius 3 is 2.88 bits per heavy atom. The van der Waals surface area contributed by atoms with Crippen molar-refractivity contribution in [3.8, 4) is 0 Å². The molecule has 5 heteroatoms. The van der Waals surface area contributed by atoms with Gasteiger partial charge in [0.25, 0.3) is 0 Å². The molecule has 0 radical (unpaired) electrons. The summed E-state index contributed by atoms with van der Waals surface area (Å²) in [5.41, 5.74) is 7.92. The monoisotopic (exact) mass is 233 g/mol. The van der Waals surface area contributed by atoms with Gasteiger partial charge in [-0.15, -0.1) is 0 Å². The molecule has 2 rings (SSSR count). The van der Waals surface area contributed by atoms with E-state index in [-0.39, 0.29) is 12.5 Å². The Kier molecular flexibility index (Phi) is 3.51. The van der Waals surface area contributed by atoms with E-state index in [0.717, 1.165) is 5.56 Å². The van der Waals surface area contributed by atoms with Crippen LogP contribution in [0.4, 0.5) is 0 Å². The van der Waals surface area contributed by atoms with Crippen LogP contribution < -0.4 is 5.73 Å². The van der Waals surface area contributed by atoms with Crippen LogP contribution in [0.25, 0.3) is 0 Å². The van der Waals surface area contributed by atoms with Gasteiger partial charge in [-0.2, -0.15) is 4.98 Å². The first-order valence-corrected chi connectivity index (χ1v) is 5.44. The predicted octanol–water partition coefficient (Wildman–Crippen LogP) is 0.961. The summed E-state index contributed by atoms with van der Waals surface area (Å²) in [6, 6.07) is 7.42. The highest BCUT2D eigenvalue weighted by Crippen LogP contribution is 2.13. The molecule has 0 amide bonds. The molecule has 0 spiro atoms. The van der Waals surface area contributed by atoms with Gasteiger partial charge in [-0.3, -0.25) is 0 Å². The molecule has 1 atom stereocenters. The molecule has 0 aliphatic rings.